The number of nitrogens with zero attached hydrogens (tertiary/aromatic N) is 3. The predicted octanol–water partition coefficient (Wildman–Crippen LogP) is 3.29. The molecule has 0 atom stereocenters. The topological polar surface area (TPSA) is 127 Å². The van der Waals surface area contributed by atoms with E-state index in [9.17, 15) is 9.59 Å². The summed E-state index contributed by atoms with van der Waals surface area (Å²) in [6, 6.07) is 6.71. The fourth-order valence-corrected chi connectivity index (χ4v) is 3.15. The summed E-state index contributed by atoms with van der Waals surface area (Å²) in [5.41, 5.74) is 1.35. The minimum atomic E-state index is -0.663. The van der Waals surface area contributed by atoms with Gasteiger partial charge in [-0.25, -0.2) is 4.79 Å². The van der Waals surface area contributed by atoms with Gasteiger partial charge in [-0.15, -0.1) is 0 Å². The Hall–Kier alpha value is -4.21. The van der Waals surface area contributed by atoms with E-state index in [1.54, 1.807) is 44.5 Å². The van der Waals surface area contributed by atoms with Gasteiger partial charge >= 0.3 is 11.6 Å². The number of methoxy groups -OCH3 is 2. The number of aromatic nitrogens is 3. The first-order valence-electron chi connectivity index (χ1n) is 9.53. The third kappa shape index (κ3) is 3.89. The van der Waals surface area contributed by atoms with Crippen molar-refractivity contribution < 1.29 is 27.9 Å². The molecule has 10 nitrogen and oxygen atoms in total. The maximum atomic E-state index is 12.7. The molecule has 0 bridgehead atoms. The molecule has 0 fully saturated rings. The molecule has 3 heterocycles. The molecule has 10 heteroatoms. The predicted molar refractivity (Wildman–Crippen MR) is 112 cm³/mol. The Balaban J connectivity index is 1.80. The zero-order valence-corrected chi connectivity index (χ0v) is 17.8. The molecule has 0 aliphatic heterocycles. The summed E-state index contributed by atoms with van der Waals surface area (Å²) in [5.74, 6) is 0.846. The fourth-order valence-electron chi connectivity index (χ4n) is 3.15. The standard InChI is InChI=1S/C22H19N3O7/c1-11-19-16(13(9-23-11)10-30-12(2)26)8-17(22(27)31-19)21-24-20(25-32-21)15-6-5-14(28-3)7-18(15)29-4/h5-9H,10H2,1-4H3. The van der Waals surface area contributed by atoms with E-state index < -0.39 is 11.6 Å². The van der Waals surface area contributed by atoms with Crippen LogP contribution in [0.3, 0.4) is 0 Å². The van der Waals surface area contributed by atoms with Crippen LogP contribution in [0.2, 0.25) is 0 Å². The average molecular weight is 437 g/mol. The van der Waals surface area contributed by atoms with E-state index in [0.29, 0.717) is 39.3 Å². The first-order chi connectivity index (χ1) is 15.4. The molecule has 3 aromatic heterocycles. The van der Waals surface area contributed by atoms with Crippen LogP contribution in [0.15, 0.2) is 44.2 Å². The minimum Gasteiger partial charge on any atom is -0.497 e. The van der Waals surface area contributed by atoms with Crippen LogP contribution in [-0.2, 0) is 16.1 Å². The average Bonchev–Trinajstić information content (AvgIpc) is 3.27. The Morgan fingerprint density at radius 3 is 2.66 bits per heavy atom. The van der Waals surface area contributed by atoms with E-state index in [-0.39, 0.29) is 23.9 Å². The SMILES string of the molecule is COc1ccc(-c2noc(-c3cc4c(COC(C)=O)cnc(C)c4oc3=O)n2)c(OC)c1. The maximum Gasteiger partial charge on any atom is 0.349 e. The third-order valence-corrected chi connectivity index (χ3v) is 4.77. The van der Waals surface area contributed by atoms with Crippen molar-refractivity contribution in [3.63, 3.8) is 0 Å². The number of hydrogen-bond acceptors (Lipinski definition) is 10. The Kier molecular flexibility index (Phi) is 5.59. The van der Waals surface area contributed by atoms with E-state index in [2.05, 4.69) is 15.1 Å². The molecule has 164 valence electrons. The van der Waals surface area contributed by atoms with E-state index >= 15 is 0 Å². The zero-order chi connectivity index (χ0) is 22.8. The molecule has 1 aromatic carbocycles. The smallest absolute Gasteiger partial charge is 0.349 e. The Morgan fingerprint density at radius 2 is 1.94 bits per heavy atom. The van der Waals surface area contributed by atoms with Gasteiger partial charge in [0.25, 0.3) is 5.89 Å². The van der Waals surface area contributed by atoms with Crippen molar-refractivity contribution >= 4 is 16.9 Å². The van der Waals surface area contributed by atoms with Gasteiger partial charge < -0.3 is 23.2 Å². The number of pyridine rings is 1. The number of benzene rings is 1. The van der Waals surface area contributed by atoms with E-state index in [1.165, 1.54) is 14.0 Å². The van der Waals surface area contributed by atoms with E-state index in [1.807, 2.05) is 0 Å². The van der Waals surface area contributed by atoms with Gasteiger partial charge in [0, 0.05) is 30.1 Å². The lowest BCUT2D eigenvalue weighted by atomic mass is 10.1. The van der Waals surface area contributed by atoms with Gasteiger partial charge in [-0.1, -0.05) is 5.16 Å². The van der Waals surface area contributed by atoms with Gasteiger partial charge in [-0.3, -0.25) is 9.78 Å². The number of hydrogen-bond donors (Lipinski definition) is 0. The largest absolute Gasteiger partial charge is 0.497 e. The second-order valence-corrected chi connectivity index (χ2v) is 6.83. The molecule has 0 aliphatic carbocycles. The zero-order valence-electron chi connectivity index (χ0n) is 17.8. The molecule has 0 unspecified atom stereocenters. The molecular formula is C22H19N3O7. The second-order valence-electron chi connectivity index (χ2n) is 6.83. The Labute approximate surface area is 181 Å². The summed E-state index contributed by atoms with van der Waals surface area (Å²) in [6.45, 7) is 2.99. The Morgan fingerprint density at radius 1 is 1.12 bits per heavy atom. The third-order valence-electron chi connectivity index (χ3n) is 4.77. The van der Waals surface area contributed by atoms with Gasteiger partial charge in [-0.05, 0) is 25.1 Å². The lowest BCUT2D eigenvalue weighted by Crippen LogP contribution is -2.06. The quantitative estimate of drug-likeness (QED) is 0.415. The van der Waals surface area contributed by atoms with Crippen LogP contribution in [-0.4, -0.2) is 35.3 Å². The summed E-state index contributed by atoms with van der Waals surface area (Å²) < 4.78 is 26.5. The number of carbonyl (C=O) groups is 1. The van der Waals surface area contributed by atoms with Crippen molar-refractivity contribution in [1.82, 2.24) is 15.1 Å². The molecule has 0 saturated heterocycles. The van der Waals surface area contributed by atoms with Crippen LogP contribution in [0.4, 0.5) is 0 Å². The van der Waals surface area contributed by atoms with Crippen molar-refractivity contribution in [2.45, 2.75) is 20.5 Å². The highest BCUT2D eigenvalue weighted by Crippen LogP contribution is 2.33. The highest BCUT2D eigenvalue weighted by molar-refractivity contribution is 5.85. The number of aryl methyl sites for hydroxylation is 1. The van der Waals surface area contributed by atoms with Crippen LogP contribution in [0.5, 0.6) is 11.5 Å². The van der Waals surface area contributed by atoms with Crippen LogP contribution >= 0.6 is 0 Å². The summed E-state index contributed by atoms with van der Waals surface area (Å²) in [7, 11) is 3.06. The summed E-state index contributed by atoms with van der Waals surface area (Å²) in [6.07, 6.45) is 1.56. The number of ether oxygens (including phenoxy) is 3. The van der Waals surface area contributed by atoms with Gasteiger partial charge in [-0.2, -0.15) is 4.98 Å². The monoisotopic (exact) mass is 437 g/mol. The first-order valence-corrected chi connectivity index (χ1v) is 9.53. The van der Waals surface area contributed by atoms with Gasteiger partial charge in [0.1, 0.15) is 23.7 Å². The van der Waals surface area contributed by atoms with E-state index in [4.69, 9.17) is 23.2 Å². The molecule has 32 heavy (non-hydrogen) atoms. The van der Waals surface area contributed by atoms with Crippen LogP contribution in [0, 0.1) is 6.92 Å². The van der Waals surface area contributed by atoms with Crippen LogP contribution < -0.4 is 15.1 Å². The van der Waals surface area contributed by atoms with Crippen molar-refractivity contribution in [2.75, 3.05) is 14.2 Å². The number of carbonyl (C=O) groups excluding carboxylic acids is 1. The minimum absolute atomic E-state index is 0.0234. The molecule has 0 saturated carbocycles. The van der Waals surface area contributed by atoms with Crippen LogP contribution in [0.25, 0.3) is 33.8 Å². The lowest BCUT2D eigenvalue weighted by Gasteiger charge is -2.08. The van der Waals surface area contributed by atoms with Crippen molar-refractivity contribution in [3.8, 4) is 34.3 Å². The normalized spacial score (nSPS) is 10.9. The molecule has 0 N–H and O–H groups in total. The van der Waals surface area contributed by atoms with Gasteiger partial charge in [0.05, 0.1) is 25.5 Å². The number of fused-ring (bicyclic) bond motifs is 1. The van der Waals surface area contributed by atoms with Crippen LogP contribution in [0.1, 0.15) is 18.2 Å². The first kappa shape index (κ1) is 21.0. The fraction of sp³-hybridized carbons (Fsp3) is 0.227. The second kappa shape index (κ2) is 8.50. The maximum absolute atomic E-state index is 12.7. The molecule has 4 rings (SSSR count). The molecule has 0 amide bonds. The molecule has 4 aromatic rings. The molecular weight excluding hydrogens is 418 g/mol. The van der Waals surface area contributed by atoms with Crippen molar-refractivity contribution in [3.05, 3.63) is 52.1 Å². The highest BCUT2D eigenvalue weighted by Gasteiger charge is 2.20. The number of esters is 1. The van der Waals surface area contributed by atoms with Gasteiger partial charge in [0.15, 0.2) is 5.58 Å². The summed E-state index contributed by atoms with van der Waals surface area (Å²) in [4.78, 5) is 32.4. The van der Waals surface area contributed by atoms with Gasteiger partial charge in [0.2, 0.25) is 5.82 Å². The molecule has 0 aliphatic rings. The summed E-state index contributed by atoms with van der Waals surface area (Å²) >= 11 is 0. The van der Waals surface area contributed by atoms with E-state index in [0.717, 1.165) is 0 Å². The highest BCUT2D eigenvalue weighted by atomic mass is 16.5. The molecule has 0 spiro atoms. The summed E-state index contributed by atoms with van der Waals surface area (Å²) in [5, 5.41) is 4.53. The molecule has 0 radical (unpaired) electrons. The van der Waals surface area contributed by atoms with Crippen molar-refractivity contribution in [1.29, 1.82) is 0 Å². The lowest BCUT2D eigenvalue weighted by molar-refractivity contribution is -0.142. The van der Waals surface area contributed by atoms with Crippen molar-refractivity contribution in [2.24, 2.45) is 0 Å². The Bertz CT molecular complexity index is 1370. The number of rotatable bonds is 6.